The second-order valence-corrected chi connectivity index (χ2v) is 6.97. The third-order valence-corrected chi connectivity index (χ3v) is 5.14. The number of methoxy groups -OCH3 is 1. The lowest BCUT2D eigenvalue weighted by atomic mass is 9.97. The highest BCUT2D eigenvalue weighted by Gasteiger charge is 2.35. The number of aromatic nitrogens is 2. The van der Waals surface area contributed by atoms with E-state index in [1.165, 1.54) is 5.56 Å². The standard InChI is InChI=1S/C22H23N3O2/c1-16-12-23-21(25(16)13-17-6-4-3-5-7-17)19-14-24(15-19)22(26)18-8-10-20(27-2)11-9-18/h3-12,19H,13-15H2,1-2H3. The molecule has 0 saturated carbocycles. The zero-order valence-electron chi connectivity index (χ0n) is 15.6. The van der Waals surface area contributed by atoms with Crippen LogP contribution in [0.5, 0.6) is 5.75 Å². The number of aryl methyl sites for hydroxylation is 1. The molecule has 3 aromatic rings. The maximum absolute atomic E-state index is 12.6. The molecule has 5 nitrogen and oxygen atoms in total. The lowest BCUT2D eigenvalue weighted by molar-refractivity contribution is 0.0591. The van der Waals surface area contributed by atoms with E-state index in [-0.39, 0.29) is 11.8 Å². The number of amides is 1. The first kappa shape index (κ1) is 17.3. The second-order valence-electron chi connectivity index (χ2n) is 6.97. The quantitative estimate of drug-likeness (QED) is 0.699. The Kier molecular flexibility index (Phi) is 4.67. The van der Waals surface area contributed by atoms with Crippen LogP contribution in [0.25, 0.3) is 0 Å². The fourth-order valence-electron chi connectivity index (χ4n) is 3.50. The van der Waals surface area contributed by atoms with Gasteiger partial charge in [-0.2, -0.15) is 0 Å². The van der Waals surface area contributed by atoms with Crippen LogP contribution >= 0.6 is 0 Å². The SMILES string of the molecule is COc1ccc(C(=O)N2CC(c3ncc(C)n3Cc3ccccc3)C2)cc1. The summed E-state index contributed by atoms with van der Waals surface area (Å²) in [6.45, 7) is 4.30. The first-order valence-corrected chi connectivity index (χ1v) is 9.15. The number of likely N-dealkylation sites (tertiary alicyclic amines) is 1. The number of carbonyl (C=O) groups is 1. The molecule has 0 atom stereocenters. The molecule has 0 spiro atoms. The van der Waals surface area contributed by atoms with Crippen molar-refractivity contribution < 1.29 is 9.53 Å². The molecule has 5 heteroatoms. The van der Waals surface area contributed by atoms with Crippen molar-refractivity contribution in [2.24, 2.45) is 0 Å². The molecule has 1 aromatic heterocycles. The number of hydrogen-bond donors (Lipinski definition) is 0. The fraction of sp³-hybridized carbons (Fsp3) is 0.273. The highest BCUT2D eigenvalue weighted by Crippen LogP contribution is 2.29. The molecule has 1 saturated heterocycles. The summed E-state index contributed by atoms with van der Waals surface area (Å²) in [4.78, 5) is 19.2. The van der Waals surface area contributed by atoms with Gasteiger partial charge in [0.15, 0.2) is 0 Å². The summed E-state index contributed by atoms with van der Waals surface area (Å²) in [5, 5.41) is 0. The molecule has 0 aliphatic carbocycles. The van der Waals surface area contributed by atoms with E-state index in [2.05, 4.69) is 40.7 Å². The maximum atomic E-state index is 12.6. The van der Waals surface area contributed by atoms with Gasteiger partial charge in [-0.1, -0.05) is 30.3 Å². The highest BCUT2D eigenvalue weighted by atomic mass is 16.5. The van der Waals surface area contributed by atoms with Gasteiger partial charge in [-0.15, -0.1) is 0 Å². The first-order chi connectivity index (χ1) is 13.2. The van der Waals surface area contributed by atoms with Crippen LogP contribution in [0.3, 0.4) is 0 Å². The van der Waals surface area contributed by atoms with E-state index in [9.17, 15) is 4.79 Å². The van der Waals surface area contributed by atoms with Crippen molar-refractivity contribution >= 4 is 5.91 Å². The minimum absolute atomic E-state index is 0.0618. The molecule has 1 aliphatic heterocycles. The van der Waals surface area contributed by atoms with Crippen LogP contribution in [0.1, 0.15) is 33.4 Å². The molecular weight excluding hydrogens is 338 g/mol. The van der Waals surface area contributed by atoms with Crippen molar-refractivity contribution in [2.45, 2.75) is 19.4 Å². The monoisotopic (exact) mass is 361 g/mol. The number of carbonyl (C=O) groups excluding carboxylic acids is 1. The van der Waals surface area contributed by atoms with Crippen LogP contribution in [-0.2, 0) is 6.54 Å². The molecule has 138 valence electrons. The van der Waals surface area contributed by atoms with Crippen molar-refractivity contribution in [2.75, 3.05) is 20.2 Å². The third kappa shape index (κ3) is 3.45. The van der Waals surface area contributed by atoms with Crippen molar-refractivity contribution in [3.63, 3.8) is 0 Å². The molecule has 1 fully saturated rings. The number of nitrogens with zero attached hydrogens (tertiary/aromatic N) is 3. The van der Waals surface area contributed by atoms with Gasteiger partial charge in [-0.3, -0.25) is 4.79 Å². The number of benzene rings is 2. The second kappa shape index (κ2) is 7.27. The van der Waals surface area contributed by atoms with Crippen LogP contribution in [-0.4, -0.2) is 40.6 Å². The molecule has 0 N–H and O–H groups in total. The molecule has 1 aliphatic rings. The Bertz CT molecular complexity index is 926. The van der Waals surface area contributed by atoms with E-state index in [0.717, 1.165) is 23.8 Å². The smallest absolute Gasteiger partial charge is 0.253 e. The van der Waals surface area contributed by atoms with E-state index in [1.54, 1.807) is 7.11 Å². The summed E-state index contributed by atoms with van der Waals surface area (Å²) in [5.74, 6) is 2.16. The van der Waals surface area contributed by atoms with Crippen LogP contribution in [0.2, 0.25) is 0 Å². The molecule has 0 unspecified atom stereocenters. The van der Waals surface area contributed by atoms with E-state index < -0.39 is 0 Å². The molecular formula is C22H23N3O2. The number of imidazole rings is 1. The molecule has 4 rings (SSSR count). The molecule has 27 heavy (non-hydrogen) atoms. The van der Waals surface area contributed by atoms with Crippen molar-refractivity contribution in [1.29, 1.82) is 0 Å². The molecule has 2 heterocycles. The van der Waals surface area contributed by atoms with Crippen LogP contribution in [0, 0.1) is 6.92 Å². The summed E-state index contributed by atoms with van der Waals surface area (Å²) in [6.07, 6.45) is 1.92. The summed E-state index contributed by atoms with van der Waals surface area (Å²) in [7, 11) is 1.62. The van der Waals surface area contributed by atoms with Gasteiger partial charge in [-0.05, 0) is 36.8 Å². The van der Waals surface area contributed by atoms with Gasteiger partial charge in [0, 0.05) is 37.1 Å². The van der Waals surface area contributed by atoms with Crippen LogP contribution < -0.4 is 4.74 Å². The lowest BCUT2D eigenvalue weighted by Gasteiger charge is -2.39. The number of hydrogen-bond acceptors (Lipinski definition) is 3. The van der Waals surface area contributed by atoms with E-state index in [0.29, 0.717) is 18.7 Å². The fourth-order valence-corrected chi connectivity index (χ4v) is 3.50. The number of ether oxygens (including phenoxy) is 1. The van der Waals surface area contributed by atoms with E-state index in [1.807, 2.05) is 41.4 Å². The van der Waals surface area contributed by atoms with Crippen molar-refractivity contribution in [1.82, 2.24) is 14.5 Å². The molecule has 2 aromatic carbocycles. The zero-order valence-corrected chi connectivity index (χ0v) is 15.6. The topological polar surface area (TPSA) is 47.4 Å². The molecule has 0 bridgehead atoms. The van der Waals surface area contributed by atoms with E-state index in [4.69, 9.17) is 4.74 Å². The Morgan fingerprint density at radius 3 is 2.48 bits per heavy atom. The lowest BCUT2D eigenvalue weighted by Crippen LogP contribution is -2.49. The summed E-state index contributed by atoms with van der Waals surface area (Å²) < 4.78 is 7.41. The minimum atomic E-state index is 0.0618. The first-order valence-electron chi connectivity index (χ1n) is 9.15. The predicted molar refractivity (Wildman–Crippen MR) is 104 cm³/mol. The average Bonchev–Trinajstić information content (AvgIpc) is 3.02. The van der Waals surface area contributed by atoms with Gasteiger partial charge >= 0.3 is 0 Å². The van der Waals surface area contributed by atoms with Gasteiger partial charge in [0.1, 0.15) is 11.6 Å². The van der Waals surface area contributed by atoms with Gasteiger partial charge in [0.25, 0.3) is 5.91 Å². The Hall–Kier alpha value is -3.08. The molecule has 1 amide bonds. The van der Waals surface area contributed by atoms with Gasteiger partial charge < -0.3 is 14.2 Å². The highest BCUT2D eigenvalue weighted by molar-refractivity contribution is 5.95. The predicted octanol–water partition coefficient (Wildman–Crippen LogP) is 3.49. The van der Waals surface area contributed by atoms with Crippen molar-refractivity contribution in [3.05, 3.63) is 83.4 Å². The Morgan fingerprint density at radius 2 is 1.81 bits per heavy atom. The summed E-state index contributed by atoms with van der Waals surface area (Å²) >= 11 is 0. The van der Waals surface area contributed by atoms with E-state index >= 15 is 0 Å². The average molecular weight is 361 g/mol. The van der Waals surface area contributed by atoms with Crippen LogP contribution in [0.15, 0.2) is 60.8 Å². The molecule has 0 radical (unpaired) electrons. The van der Waals surface area contributed by atoms with Crippen molar-refractivity contribution in [3.8, 4) is 5.75 Å². The van der Waals surface area contributed by atoms with Gasteiger partial charge in [0.05, 0.1) is 13.0 Å². The largest absolute Gasteiger partial charge is 0.497 e. The summed E-state index contributed by atoms with van der Waals surface area (Å²) in [5.41, 5.74) is 3.09. The Balaban J connectivity index is 1.44. The Morgan fingerprint density at radius 1 is 1.11 bits per heavy atom. The normalized spacial score (nSPS) is 14.1. The maximum Gasteiger partial charge on any atom is 0.253 e. The zero-order chi connectivity index (χ0) is 18.8. The van der Waals surface area contributed by atoms with Gasteiger partial charge in [0.2, 0.25) is 0 Å². The van der Waals surface area contributed by atoms with Gasteiger partial charge in [-0.25, -0.2) is 4.98 Å². The minimum Gasteiger partial charge on any atom is -0.497 e. The Labute approximate surface area is 159 Å². The summed E-state index contributed by atoms with van der Waals surface area (Å²) in [6, 6.07) is 17.7. The van der Waals surface area contributed by atoms with Crippen LogP contribution in [0.4, 0.5) is 0 Å². The number of rotatable bonds is 5. The third-order valence-electron chi connectivity index (χ3n) is 5.14.